The maximum Gasteiger partial charge on any atom is 0.251 e. The molecule has 0 fully saturated rings. The van der Waals surface area contributed by atoms with Gasteiger partial charge in [0.15, 0.2) is 0 Å². The molecule has 1 N–H and O–H groups in total. The van der Waals surface area contributed by atoms with Crippen molar-refractivity contribution in [2.75, 3.05) is 0 Å². The Hall–Kier alpha value is -3.57. The van der Waals surface area contributed by atoms with E-state index in [-0.39, 0.29) is 5.91 Å². The topological polar surface area (TPSA) is 56.2 Å². The minimum absolute atomic E-state index is 0.144. The van der Waals surface area contributed by atoms with Crippen molar-refractivity contribution in [2.24, 2.45) is 0 Å². The molecule has 1 aromatic heterocycles. The molecule has 31 heavy (non-hydrogen) atoms. The lowest BCUT2D eigenvalue weighted by atomic mass is 10.1. The molecule has 156 valence electrons. The number of para-hydroxylation sites is 1. The number of benzene rings is 3. The minimum atomic E-state index is -0.144. The second-order valence-electron chi connectivity index (χ2n) is 7.06. The molecule has 0 atom stereocenters. The number of aromatic nitrogens is 2. The lowest BCUT2D eigenvalue weighted by Crippen LogP contribution is -2.23. The van der Waals surface area contributed by atoms with Crippen molar-refractivity contribution in [2.45, 2.75) is 20.1 Å². The molecule has 4 rings (SSSR count). The fourth-order valence-corrected chi connectivity index (χ4v) is 3.47. The van der Waals surface area contributed by atoms with Gasteiger partial charge in [0.1, 0.15) is 18.2 Å². The molecule has 6 heteroatoms. The molecule has 5 nitrogen and oxygen atoms in total. The largest absolute Gasteiger partial charge is 0.489 e. The number of imidazole rings is 1. The molecule has 0 unspecified atom stereocenters. The van der Waals surface area contributed by atoms with E-state index in [9.17, 15) is 4.79 Å². The first-order valence-electron chi connectivity index (χ1n) is 9.94. The molecule has 0 radical (unpaired) electrons. The van der Waals surface area contributed by atoms with E-state index in [1.54, 1.807) is 30.5 Å². The Balaban J connectivity index is 1.38. The van der Waals surface area contributed by atoms with Crippen LogP contribution in [0.1, 0.15) is 27.3 Å². The standard InChI is InChI=1S/C25H22ClN3O2/c1-18-27-14-15-29(18)24-9-5-3-6-20(24)16-28-25(30)19-10-12-22(13-11-19)31-17-21-7-2-4-8-23(21)26/h2-15H,16-17H2,1H3,(H,28,30). The molecule has 0 spiro atoms. The van der Waals surface area contributed by atoms with Gasteiger partial charge in [-0.25, -0.2) is 4.98 Å². The summed E-state index contributed by atoms with van der Waals surface area (Å²) in [4.78, 5) is 16.9. The van der Waals surface area contributed by atoms with Crippen LogP contribution in [0, 0.1) is 6.92 Å². The maximum atomic E-state index is 12.6. The van der Waals surface area contributed by atoms with E-state index in [4.69, 9.17) is 16.3 Å². The first kappa shape index (κ1) is 20.7. The number of rotatable bonds is 7. The summed E-state index contributed by atoms with van der Waals surface area (Å²) in [5.41, 5.74) is 3.50. The van der Waals surface area contributed by atoms with E-state index < -0.39 is 0 Å². The molecule has 1 heterocycles. The van der Waals surface area contributed by atoms with E-state index in [0.29, 0.717) is 29.5 Å². The van der Waals surface area contributed by atoms with Gasteiger partial charge in [0, 0.05) is 35.1 Å². The Kier molecular flexibility index (Phi) is 6.34. The number of ether oxygens (including phenoxy) is 1. The smallest absolute Gasteiger partial charge is 0.251 e. The van der Waals surface area contributed by atoms with E-state index in [2.05, 4.69) is 10.3 Å². The summed E-state index contributed by atoms with van der Waals surface area (Å²) < 4.78 is 7.79. The van der Waals surface area contributed by atoms with Crippen LogP contribution in [0.15, 0.2) is 85.2 Å². The van der Waals surface area contributed by atoms with Crippen LogP contribution >= 0.6 is 11.6 Å². The third-order valence-corrected chi connectivity index (χ3v) is 5.35. The summed E-state index contributed by atoms with van der Waals surface area (Å²) in [5, 5.41) is 3.66. The van der Waals surface area contributed by atoms with Gasteiger partial charge in [-0.3, -0.25) is 4.79 Å². The van der Waals surface area contributed by atoms with Crippen LogP contribution in [0.4, 0.5) is 0 Å². The molecule has 4 aromatic rings. The summed E-state index contributed by atoms with van der Waals surface area (Å²) in [6, 6.07) is 22.6. The molecule has 0 bridgehead atoms. The predicted molar refractivity (Wildman–Crippen MR) is 122 cm³/mol. The van der Waals surface area contributed by atoms with Gasteiger partial charge in [-0.2, -0.15) is 0 Å². The normalized spacial score (nSPS) is 10.6. The molecule has 0 aliphatic rings. The van der Waals surface area contributed by atoms with Crippen molar-refractivity contribution in [1.82, 2.24) is 14.9 Å². The third kappa shape index (κ3) is 4.95. The van der Waals surface area contributed by atoms with Crippen LogP contribution < -0.4 is 10.1 Å². The lowest BCUT2D eigenvalue weighted by molar-refractivity contribution is 0.0951. The van der Waals surface area contributed by atoms with Gasteiger partial charge in [0.2, 0.25) is 0 Å². The highest BCUT2D eigenvalue weighted by atomic mass is 35.5. The molecule has 0 saturated carbocycles. The number of halogens is 1. The average molecular weight is 432 g/mol. The van der Waals surface area contributed by atoms with E-state index in [1.165, 1.54) is 0 Å². The zero-order chi connectivity index (χ0) is 21.6. The van der Waals surface area contributed by atoms with Gasteiger partial charge < -0.3 is 14.6 Å². The second-order valence-corrected chi connectivity index (χ2v) is 7.47. The van der Waals surface area contributed by atoms with Crippen LogP contribution in [0.3, 0.4) is 0 Å². The van der Waals surface area contributed by atoms with Crippen LogP contribution in [-0.4, -0.2) is 15.5 Å². The fourth-order valence-electron chi connectivity index (χ4n) is 3.28. The Morgan fingerprint density at radius 1 is 1.00 bits per heavy atom. The minimum Gasteiger partial charge on any atom is -0.489 e. The van der Waals surface area contributed by atoms with Crippen molar-refractivity contribution in [3.05, 3.63) is 113 Å². The summed E-state index contributed by atoms with van der Waals surface area (Å²) in [5.74, 6) is 1.43. The Labute approximate surface area is 186 Å². The number of hydrogen-bond donors (Lipinski definition) is 1. The predicted octanol–water partition coefficient (Wildman–Crippen LogP) is 5.34. The highest BCUT2D eigenvalue weighted by Gasteiger charge is 2.10. The number of amides is 1. The highest BCUT2D eigenvalue weighted by Crippen LogP contribution is 2.20. The van der Waals surface area contributed by atoms with Crippen molar-refractivity contribution in [3.63, 3.8) is 0 Å². The van der Waals surface area contributed by atoms with Gasteiger partial charge in [-0.05, 0) is 48.9 Å². The monoisotopic (exact) mass is 431 g/mol. The summed E-state index contributed by atoms with van der Waals surface area (Å²) in [7, 11) is 0. The Morgan fingerprint density at radius 3 is 2.42 bits per heavy atom. The number of hydrogen-bond acceptors (Lipinski definition) is 3. The van der Waals surface area contributed by atoms with E-state index in [0.717, 1.165) is 22.6 Å². The molecular weight excluding hydrogens is 410 g/mol. The summed E-state index contributed by atoms with van der Waals surface area (Å²) in [6.07, 6.45) is 3.68. The van der Waals surface area contributed by atoms with Crippen LogP contribution in [0.2, 0.25) is 5.02 Å². The first-order chi connectivity index (χ1) is 15.1. The van der Waals surface area contributed by atoms with E-state index >= 15 is 0 Å². The Bertz CT molecular complexity index is 1190. The van der Waals surface area contributed by atoms with Gasteiger partial charge in [0.05, 0.1) is 5.69 Å². The number of carbonyl (C=O) groups is 1. The number of carbonyl (C=O) groups excluding carboxylic acids is 1. The van der Waals surface area contributed by atoms with E-state index in [1.807, 2.05) is 66.2 Å². The average Bonchev–Trinajstić information content (AvgIpc) is 3.23. The van der Waals surface area contributed by atoms with Gasteiger partial charge in [-0.15, -0.1) is 0 Å². The highest BCUT2D eigenvalue weighted by molar-refractivity contribution is 6.31. The van der Waals surface area contributed by atoms with Crippen LogP contribution in [0.5, 0.6) is 5.75 Å². The maximum absolute atomic E-state index is 12.6. The van der Waals surface area contributed by atoms with Gasteiger partial charge in [-0.1, -0.05) is 48.0 Å². The van der Waals surface area contributed by atoms with Crippen molar-refractivity contribution < 1.29 is 9.53 Å². The fraction of sp³-hybridized carbons (Fsp3) is 0.120. The molecule has 0 saturated heterocycles. The van der Waals surface area contributed by atoms with Crippen molar-refractivity contribution in [3.8, 4) is 11.4 Å². The lowest BCUT2D eigenvalue weighted by Gasteiger charge is -2.13. The van der Waals surface area contributed by atoms with Gasteiger partial charge in [0.25, 0.3) is 5.91 Å². The number of nitrogens with one attached hydrogen (secondary N) is 1. The zero-order valence-corrected chi connectivity index (χ0v) is 17.8. The summed E-state index contributed by atoms with van der Waals surface area (Å²) in [6.45, 7) is 2.73. The van der Waals surface area contributed by atoms with Crippen molar-refractivity contribution in [1.29, 1.82) is 0 Å². The van der Waals surface area contributed by atoms with Crippen molar-refractivity contribution >= 4 is 17.5 Å². The SMILES string of the molecule is Cc1nccn1-c1ccccc1CNC(=O)c1ccc(OCc2ccccc2Cl)cc1. The molecule has 3 aromatic carbocycles. The third-order valence-electron chi connectivity index (χ3n) is 4.98. The summed E-state index contributed by atoms with van der Waals surface area (Å²) >= 11 is 6.16. The van der Waals surface area contributed by atoms with Gasteiger partial charge >= 0.3 is 0 Å². The second kappa shape index (κ2) is 9.49. The van der Waals surface area contributed by atoms with Crippen LogP contribution in [-0.2, 0) is 13.2 Å². The Morgan fingerprint density at radius 2 is 1.71 bits per heavy atom. The molecule has 1 amide bonds. The molecular formula is C25H22ClN3O2. The quantitative estimate of drug-likeness (QED) is 0.429. The zero-order valence-electron chi connectivity index (χ0n) is 17.1. The first-order valence-corrected chi connectivity index (χ1v) is 10.3. The number of aryl methyl sites for hydroxylation is 1. The number of nitrogens with zero attached hydrogens (tertiary/aromatic N) is 2. The molecule has 0 aliphatic carbocycles. The molecule has 0 aliphatic heterocycles. The van der Waals surface area contributed by atoms with Crippen LogP contribution in [0.25, 0.3) is 5.69 Å².